The topological polar surface area (TPSA) is 85.1 Å². The van der Waals surface area contributed by atoms with E-state index in [0.29, 0.717) is 24.2 Å². The van der Waals surface area contributed by atoms with E-state index in [9.17, 15) is 13.9 Å². The van der Waals surface area contributed by atoms with E-state index < -0.39 is 24.5 Å². The average molecular weight is 413 g/mol. The first-order valence-corrected chi connectivity index (χ1v) is 9.87. The van der Waals surface area contributed by atoms with Crippen molar-refractivity contribution in [1.82, 2.24) is 25.3 Å². The minimum absolute atomic E-state index is 0.0383. The van der Waals surface area contributed by atoms with E-state index in [1.54, 1.807) is 28.9 Å². The molecule has 5 unspecified atom stereocenters. The number of phenols is 1. The highest BCUT2D eigenvalue weighted by molar-refractivity contribution is 5.68. The number of aryl methyl sites for hydroxylation is 1. The first kappa shape index (κ1) is 18.9. The molecule has 1 saturated carbocycles. The fourth-order valence-corrected chi connectivity index (χ4v) is 4.20. The number of aromatic hydroxyl groups is 1. The minimum Gasteiger partial charge on any atom is -0.507 e. The van der Waals surface area contributed by atoms with Gasteiger partial charge in [0.25, 0.3) is 0 Å². The highest BCUT2D eigenvalue weighted by Crippen LogP contribution is 2.36. The van der Waals surface area contributed by atoms with Crippen molar-refractivity contribution in [2.75, 3.05) is 6.54 Å². The van der Waals surface area contributed by atoms with Gasteiger partial charge in [-0.2, -0.15) is 5.10 Å². The fraction of sp³-hybridized carbons (Fsp3) is 0.381. The second-order valence-corrected chi connectivity index (χ2v) is 7.83. The molecule has 1 saturated heterocycles. The van der Waals surface area contributed by atoms with Gasteiger partial charge in [0.1, 0.15) is 18.0 Å². The maximum absolute atomic E-state index is 14.5. The molecule has 3 aromatic rings. The van der Waals surface area contributed by atoms with Crippen LogP contribution in [0, 0.1) is 12.8 Å². The summed E-state index contributed by atoms with van der Waals surface area (Å²) in [5.41, 5.74) is 2.55. The second kappa shape index (κ2) is 7.32. The molecule has 1 aliphatic heterocycles. The smallest absolute Gasteiger partial charge is 0.233 e. The second-order valence-electron chi connectivity index (χ2n) is 7.83. The summed E-state index contributed by atoms with van der Waals surface area (Å²) in [6.07, 6.45) is -1.27. The molecule has 0 amide bonds. The van der Waals surface area contributed by atoms with Gasteiger partial charge >= 0.3 is 0 Å². The lowest BCUT2D eigenvalue weighted by Crippen LogP contribution is -2.50. The Labute approximate surface area is 171 Å². The van der Waals surface area contributed by atoms with Gasteiger partial charge in [0.15, 0.2) is 6.17 Å². The summed E-state index contributed by atoms with van der Waals surface area (Å²) in [5.74, 6) is -0.0316. The molecular weight excluding hydrogens is 392 g/mol. The SMILES string of the molecule is Cc1ccn(-c2ccc(-c3ccc(OC4CC5CNC(C5F)C4F)nn3)c(O)c2)n1. The van der Waals surface area contributed by atoms with Crippen LogP contribution in [-0.2, 0) is 0 Å². The van der Waals surface area contributed by atoms with Crippen LogP contribution in [0.5, 0.6) is 11.6 Å². The Hall–Kier alpha value is -3.07. The summed E-state index contributed by atoms with van der Waals surface area (Å²) in [5, 5.41) is 25.8. The first-order valence-electron chi connectivity index (χ1n) is 9.87. The zero-order valence-corrected chi connectivity index (χ0v) is 16.2. The van der Waals surface area contributed by atoms with Crippen LogP contribution in [-0.4, -0.2) is 56.1 Å². The molecule has 1 aromatic carbocycles. The van der Waals surface area contributed by atoms with Gasteiger partial charge in [-0.15, -0.1) is 10.2 Å². The molecule has 9 heteroatoms. The van der Waals surface area contributed by atoms with E-state index in [0.717, 1.165) is 11.4 Å². The Kier molecular flexibility index (Phi) is 4.62. The maximum Gasteiger partial charge on any atom is 0.233 e. The van der Waals surface area contributed by atoms with Crippen LogP contribution < -0.4 is 10.1 Å². The summed E-state index contributed by atoms with van der Waals surface area (Å²) in [4.78, 5) is 0. The molecule has 7 nitrogen and oxygen atoms in total. The van der Waals surface area contributed by atoms with Crippen molar-refractivity contribution in [3.8, 4) is 28.6 Å². The van der Waals surface area contributed by atoms with Crippen molar-refractivity contribution in [2.45, 2.75) is 37.8 Å². The van der Waals surface area contributed by atoms with Crippen molar-refractivity contribution >= 4 is 0 Å². The van der Waals surface area contributed by atoms with Crippen molar-refractivity contribution < 1.29 is 18.6 Å². The molecule has 0 spiro atoms. The van der Waals surface area contributed by atoms with Gasteiger partial charge in [-0.1, -0.05) is 0 Å². The number of benzene rings is 1. The molecule has 3 heterocycles. The zero-order chi connectivity index (χ0) is 20.8. The summed E-state index contributed by atoms with van der Waals surface area (Å²) < 4.78 is 35.9. The third kappa shape index (κ3) is 3.28. The standard InChI is InChI=1S/C21H21F2N5O2/c1-11-6-7-28(27-11)13-2-3-14(16(29)9-13)15-4-5-18(26-25-15)30-17-8-12-10-24-21(19(12)22)20(17)23/h2-7,9,12,17,19-21,24,29H,8,10H2,1H3. The van der Waals surface area contributed by atoms with E-state index in [-0.39, 0.29) is 17.5 Å². The molecule has 1 aliphatic carbocycles. The van der Waals surface area contributed by atoms with Crippen LogP contribution in [0.3, 0.4) is 0 Å². The lowest BCUT2D eigenvalue weighted by atomic mass is 9.85. The quantitative estimate of drug-likeness (QED) is 0.684. The largest absolute Gasteiger partial charge is 0.507 e. The summed E-state index contributed by atoms with van der Waals surface area (Å²) in [6, 6.07) is 9.43. The number of alkyl halides is 2. The van der Waals surface area contributed by atoms with Crippen LogP contribution in [0.1, 0.15) is 12.1 Å². The Balaban J connectivity index is 1.32. The van der Waals surface area contributed by atoms with E-state index in [4.69, 9.17) is 4.74 Å². The van der Waals surface area contributed by atoms with Crippen molar-refractivity contribution in [1.29, 1.82) is 0 Å². The average Bonchev–Trinajstić information content (AvgIpc) is 3.28. The molecule has 156 valence electrons. The zero-order valence-electron chi connectivity index (χ0n) is 16.2. The highest BCUT2D eigenvalue weighted by Gasteiger charge is 2.51. The summed E-state index contributed by atoms with van der Waals surface area (Å²) in [7, 11) is 0. The number of ether oxygens (including phenoxy) is 1. The minimum atomic E-state index is -1.44. The number of nitrogens with zero attached hydrogens (tertiary/aromatic N) is 4. The monoisotopic (exact) mass is 413 g/mol. The van der Waals surface area contributed by atoms with Gasteiger partial charge < -0.3 is 15.2 Å². The van der Waals surface area contributed by atoms with Crippen LogP contribution >= 0.6 is 0 Å². The number of nitrogens with one attached hydrogen (secondary N) is 1. The number of halogens is 2. The maximum atomic E-state index is 14.5. The summed E-state index contributed by atoms with van der Waals surface area (Å²) >= 11 is 0. The van der Waals surface area contributed by atoms with Crippen LogP contribution in [0.2, 0.25) is 0 Å². The number of aromatic nitrogens is 4. The normalized spacial score (nSPS) is 27.9. The Morgan fingerprint density at radius 3 is 2.70 bits per heavy atom. The fourth-order valence-electron chi connectivity index (χ4n) is 4.20. The number of rotatable bonds is 4. The molecule has 2 bridgehead atoms. The lowest BCUT2D eigenvalue weighted by molar-refractivity contribution is 0.00394. The van der Waals surface area contributed by atoms with E-state index in [2.05, 4.69) is 20.6 Å². The predicted molar refractivity (Wildman–Crippen MR) is 105 cm³/mol. The van der Waals surface area contributed by atoms with Crippen molar-refractivity contribution in [3.63, 3.8) is 0 Å². The van der Waals surface area contributed by atoms with Gasteiger partial charge in [-0.3, -0.25) is 0 Å². The molecule has 2 aromatic heterocycles. The Morgan fingerprint density at radius 1 is 1.13 bits per heavy atom. The van der Waals surface area contributed by atoms with Gasteiger partial charge in [-0.25, -0.2) is 13.5 Å². The van der Waals surface area contributed by atoms with Gasteiger partial charge in [-0.05, 0) is 37.6 Å². The number of phenolic OH excluding ortho intramolecular Hbond substituents is 1. The van der Waals surface area contributed by atoms with Crippen LogP contribution in [0.4, 0.5) is 8.78 Å². The van der Waals surface area contributed by atoms with E-state index in [1.807, 2.05) is 25.3 Å². The number of fused-ring (bicyclic) bond motifs is 2. The summed E-state index contributed by atoms with van der Waals surface area (Å²) in [6.45, 7) is 2.35. The molecule has 30 heavy (non-hydrogen) atoms. The molecule has 2 N–H and O–H groups in total. The number of hydrogen-bond acceptors (Lipinski definition) is 6. The predicted octanol–water partition coefficient (Wildman–Crippen LogP) is 2.76. The molecule has 5 atom stereocenters. The highest BCUT2D eigenvalue weighted by atomic mass is 19.1. The molecule has 0 radical (unpaired) electrons. The van der Waals surface area contributed by atoms with Crippen molar-refractivity contribution in [3.05, 3.63) is 48.3 Å². The van der Waals surface area contributed by atoms with Crippen molar-refractivity contribution in [2.24, 2.45) is 5.92 Å². The Morgan fingerprint density at radius 2 is 2.00 bits per heavy atom. The molecular formula is C21H21F2N5O2. The van der Waals surface area contributed by atoms with Gasteiger partial charge in [0.05, 0.1) is 23.1 Å². The molecule has 2 aliphatic rings. The lowest BCUT2D eigenvalue weighted by Gasteiger charge is -2.33. The first-order chi connectivity index (χ1) is 14.5. The Bertz CT molecular complexity index is 1060. The van der Waals surface area contributed by atoms with Gasteiger partial charge in [0.2, 0.25) is 5.88 Å². The van der Waals surface area contributed by atoms with Crippen LogP contribution in [0.25, 0.3) is 16.9 Å². The molecule has 2 fully saturated rings. The third-order valence-corrected chi connectivity index (χ3v) is 5.80. The molecule has 5 rings (SSSR count). The van der Waals surface area contributed by atoms with Crippen LogP contribution in [0.15, 0.2) is 42.6 Å². The third-order valence-electron chi connectivity index (χ3n) is 5.80. The van der Waals surface area contributed by atoms with Gasteiger partial charge in [0, 0.05) is 36.4 Å². The van der Waals surface area contributed by atoms with E-state index >= 15 is 0 Å². The number of hydrogen-bond donors (Lipinski definition) is 2. The van der Waals surface area contributed by atoms with E-state index in [1.165, 1.54) is 0 Å².